The molecule has 0 bridgehead atoms. The minimum Gasteiger partial charge on any atom is -0.316 e. The number of thiazole rings is 1. The first-order valence-corrected chi connectivity index (χ1v) is 7.26. The van der Waals surface area contributed by atoms with Crippen LogP contribution in [0.2, 0.25) is 5.02 Å². The van der Waals surface area contributed by atoms with E-state index >= 15 is 0 Å². The molecule has 0 aliphatic heterocycles. The third kappa shape index (κ3) is 3.55. The average molecular weight is 281 g/mol. The lowest BCUT2D eigenvalue weighted by Crippen LogP contribution is -2.30. The number of hydrogen-bond donors (Lipinski definition) is 1. The van der Waals surface area contributed by atoms with Gasteiger partial charge in [0.15, 0.2) is 0 Å². The van der Waals surface area contributed by atoms with Crippen LogP contribution in [0.25, 0.3) is 0 Å². The number of hydrogen-bond acceptors (Lipinski definition) is 3. The molecule has 0 amide bonds. The topological polar surface area (TPSA) is 24.9 Å². The number of nitrogens with zero attached hydrogens (tertiary/aromatic N) is 1. The Kier molecular flexibility index (Phi) is 4.75. The molecule has 1 unspecified atom stereocenters. The van der Waals surface area contributed by atoms with E-state index in [-0.39, 0.29) is 0 Å². The zero-order chi connectivity index (χ0) is 13.0. The lowest BCUT2D eigenvalue weighted by Gasteiger charge is -2.15. The average Bonchev–Trinajstić information content (AvgIpc) is 2.76. The Balaban J connectivity index is 2.04. The van der Waals surface area contributed by atoms with Gasteiger partial charge in [-0.05, 0) is 32.0 Å². The first-order chi connectivity index (χ1) is 8.69. The van der Waals surface area contributed by atoms with Gasteiger partial charge in [-0.15, -0.1) is 11.3 Å². The Morgan fingerprint density at radius 2 is 2.11 bits per heavy atom. The molecule has 1 heterocycles. The fraction of sp³-hybridized carbons (Fsp3) is 0.357. The van der Waals surface area contributed by atoms with Crippen LogP contribution < -0.4 is 5.32 Å². The van der Waals surface area contributed by atoms with Gasteiger partial charge in [-0.25, -0.2) is 4.98 Å². The summed E-state index contributed by atoms with van der Waals surface area (Å²) in [5.74, 6) is 0. The minimum atomic E-state index is 0.367. The summed E-state index contributed by atoms with van der Waals surface area (Å²) in [5, 5.41) is 7.44. The molecular weight excluding hydrogens is 264 g/mol. The van der Waals surface area contributed by atoms with E-state index < -0.39 is 0 Å². The van der Waals surface area contributed by atoms with Crippen LogP contribution in [0, 0.1) is 6.92 Å². The molecule has 2 aromatic rings. The van der Waals surface area contributed by atoms with Crippen LogP contribution in [0.3, 0.4) is 0 Å². The van der Waals surface area contributed by atoms with E-state index in [1.807, 2.05) is 32.2 Å². The molecule has 96 valence electrons. The van der Waals surface area contributed by atoms with Gasteiger partial charge in [0.1, 0.15) is 0 Å². The van der Waals surface area contributed by atoms with E-state index in [2.05, 4.69) is 21.7 Å². The van der Waals surface area contributed by atoms with E-state index in [4.69, 9.17) is 11.6 Å². The van der Waals surface area contributed by atoms with Gasteiger partial charge in [-0.1, -0.05) is 29.8 Å². The highest BCUT2D eigenvalue weighted by Gasteiger charge is 2.12. The molecule has 0 saturated carbocycles. The minimum absolute atomic E-state index is 0.367. The summed E-state index contributed by atoms with van der Waals surface area (Å²) in [5.41, 5.74) is 2.34. The summed E-state index contributed by atoms with van der Waals surface area (Å²) in [6, 6.07) is 8.38. The molecular formula is C14H17ClN2S. The normalized spacial score (nSPS) is 12.6. The Hall–Kier alpha value is -0.900. The summed E-state index contributed by atoms with van der Waals surface area (Å²) >= 11 is 7.89. The van der Waals surface area contributed by atoms with Gasteiger partial charge in [-0.3, -0.25) is 0 Å². The number of aromatic nitrogens is 1. The number of halogens is 1. The van der Waals surface area contributed by atoms with Crippen LogP contribution in [0.15, 0.2) is 29.6 Å². The van der Waals surface area contributed by atoms with Gasteiger partial charge < -0.3 is 5.32 Å². The van der Waals surface area contributed by atoms with Crippen LogP contribution >= 0.6 is 22.9 Å². The van der Waals surface area contributed by atoms with Crippen molar-refractivity contribution in [3.8, 4) is 0 Å². The molecule has 0 saturated heterocycles. The molecule has 0 fully saturated rings. The van der Waals surface area contributed by atoms with Crippen LogP contribution in [0.4, 0.5) is 0 Å². The van der Waals surface area contributed by atoms with Crippen molar-refractivity contribution in [2.45, 2.75) is 25.8 Å². The summed E-state index contributed by atoms with van der Waals surface area (Å²) in [4.78, 5) is 4.51. The summed E-state index contributed by atoms with van der Waals surface area (Å²) in [6.07, 6.45) is 1.86. The van der Waals surface area contributed by atoms with Crippen molar-refractivity contribution in [2.75, 3.05) is 7.05 Å². The fourth-order valence-corrected chi connectivity index (χ4v) is 2.80. The third-order valence-electron chi connectivity index (χ3n) is 2.95. The molecule has 1 atom stereocenters. The van der Waals surface area contributed by atoms with Gasteiger partial charge >= 0.3 is 0 Å². The SMILES string of the molecule is CNC(Cc1csc(C)n1)Cc1ccccc1Cl. The van der Waals surface area contributed by atoms with Gasteiger partial charge in [0.05, 0.1) is 10.7 Å². The lowest BCUT2D eigenvalue weighted by molar-refractivity contribution is 0.551. The van der Waals surface area contributed by atoms with Crippen LogP contribution in [-0.4, -0.2) is 18.1 Å². The summed E-state index contributed by atoms with van der Waals surface area (Å²) in [6.45, 7) is 2.04. The number of likely N-dealkylation sites (N-methyl/N-ethyl adjacent to an activating group) is 1. The predicted molar refractivity (Wildman–Crippen MR) is 78.6 cm³/mol. The molecule has 4 heteroatoms. The maximum atomic E-state index is 6.19. The molecule has 2 nitrogen and oxygen atoms in total. The number of aryl methyl sites for hydroxylation is 1. The molecule has 2 rings (SSSR count). The van der Waals surface area contributed by atoms with E-state index in [0.29, 0.717) is 6.04 Å². The van der Waals surface area contributed by atoms with Crippen molar-refractivity contribution in [1.82, 2.24) is 10.3 Å². The highest BCUT2D eigenvalue weighted by molar-refractivity contribution is 7.09. The van der Waals surface area contributed by atoms with E-state index in [0.717, 1.165) is 28.6 Å². The maximum Gasteiger partial charge on any atom is 0.0897 e. The zero-order valence-corrected chi connectivity index (χ0v) is 12.2. The predicted octanol–water partition coefficient (Wildman–Crippen LogP) is 3.48. The Bertz CT molecular complexity index is 510. The lowest BCUT2D eigenvalue weighted by atomic mass is 10.0. The molecule has 0 spiro atoms. The second-order valence-electron chi connectivity index (χ2n) is 4.34. The van der Waals surface area contributed by atoms with Crippen molar-refractivity contribution in [3.05, 3.63) is 50.9 Å². The van der Waals surface area contributed by atoms with Crippen LogP contribution in [0.1, 0.15) is 16.3 Å². The van der Waals surface area contributed by atoms with Crippen molar-refractivity contribution in [1.29, 1.82) is 0 Å². The quantitative estimate of drug-likeness (QED) is 0.907. The second kappa shape index (κ2) is 6.32. The number of benzene rings is 1. The number of rotatable bonds is 5. The van der Waals surface area contributed by atoms with E-state index in [1.54, 1.807) is 11.3 Å². The molecule has 0 aliphatic carbocycles. The van der Waals surface area contributed by atoms with Gasteiger partial charge in [0, 0.05) is 22.9 Å². The van der Waals surface area contributed by atoms with Crippen LogP contribution in [0.5, 0.6) is 0 Å². The second-order valence-corrected chi connectivity index (χ2v) is 5.81. The highest BCUT2D eigenvalue weighted by atomic mass is 35.5. The highest BCUT2D eigenvalue weighted by Crippen LogP contribution is 2.18. The standard InChI is InChI=1S/C14H17ClN2S/c1-10-17-13(9-18-10)8-12(16-2)7-11-5-3-4-6-14(11)15/h3-6,9,12,16H,7-8H2,1-2H3. The van der Waals surface area contributed by atoms with E-state index in [1.165, 1.54) is 5.56 Å². The largest absolute Gasteiger partial charge is 0.316 e. The molecule has 18 heavy (non-hydrogen) atoms. The van der Waals surface area contributed by atoms with Crippen molar-refractivity contribution >= 4 is 22.9 Å². The fourth-order valence-electron chi connectivity index (χ4n) is 1.96. The Morgan fingerprint density at radius 3 is 2.72 bits per heavy atom. The first kappa shape index (κ1) is 13.5. The first-order valence-electron chi connectivity index (χ1n) is 6.00. The number of nitrogens with one attached hydrogen (secondary N) is 1. The molecule has 0 radical (unpaired) electrons. The summed E-state index contributed by atoms with van der Waals surface area (Å²) in [7, 11) is 1.99. The Morgan fingerprint density at radius 1 is 1.33 bits per heavy atom. The molecule has 1 aromatic carbocycles. The zero-order valence-electron chi connectivity index (χ0n) is 10.6. The van der Waals surface area contributed by atoms with Gasteiger partial charge in [0.25, 0.3) is 0 Å². The van der Waals surface area contributed by atoms with Gasteiger partial charge in [-0.2, -0.15) is 0 Å². The van der Waals surface area contributed by atoms with E-state index in [9.17, 15) is 0 Å². The monoisotopic (exact) mass is 280 g/mol. The van der Waals surface area contributed by atoms with Gasteiger partial charge in [0.2, 0.25) is 0 Å². The Labute approximate surface area is 117 Å². The van der Waals surface area contributed by atoms with Crippen molar-refractivity contribution in [3.63, 3.8) is 0 Å². The maximum absolute atomic E-state index is 6.19. The molecule has 1 N–H and O–H groups in total. The third-order valence-corrected chi connectivity index (χ3v) is 4.15. The van der Waals surface area contributed by atoms with Crippen LogP contribution in [-0.2, 0) is 12.8 Å². The molecule has 1 aromatic heterocycles. The molecule has 0 aliphatic rings. The van der Waals surface area contributed by atoms with Crippen molar-refractivity contribution < 1.29 is 0 Å². The smallest absolute Gasteiger partial charge is 0.0897 e. The van der Waals surface area contributed by atoms with Crippen molar-refractivity contribution in [2.24, 2.45) is 0 Å². The summed E-state index contributed by atoms with van der Waals surface area (Å²) < 4.78 is 0.